The molecule has 106 valence electrons. The maximum absolute atomic E-state index is 11.6. The molecule has 0 unspecified atom stereocenters. The maximum atomic E-state index is 11.6. The van der Waals surface area contributed by atoms with Crippen LogP contribution < -0.4 is 5.32 Å². The summed E-state index contributed by atoms with van der Waals surface area (Å²) in [6, 6.07) is 0.253. The van der Waals surface area contributed by atoms with E-state index in [1.165, 1.54) is 9.21 Å². The topological polar surface area (TPSA) is 47.6 Å². The molecule has 0 saturated heterocycles. The first-order valence-electron chi connectivity index (χ1n) is 6.30. The van der Waals surface area contributed by atoms with E-state index < -0.39 is 5.60 Å². The molecule has 18 heavy (non-hydrogen) atoms. The second-order valence-electron chi connectivity index (χ2n) is 5.71. The van der Waals surface area contributed by atoms with Crippen LogP contribution in [0.2, 0.25) is 0 Å². The second kappa shape index (κ2) is 7.79. The van der Waals surface area contributed by atoms with Gasteiger partial charge in [-0.1, -0.05) is 0 Å². The Labute approximate surface area is 126 Å². The highest BCUT2D eigenvalue weighted by molar-refractivity contribution is 14.2. The molecule has 1 N–H and O–H groups in total. The van der Waals surface area contributed by atoms with Crippen LogP contribution in [0, 0.1) is 5.92 Å². The number of ether oxygens (including phenoxy) is 1. The lowest BCUT2D eigenvalue weighted by Crippen LogP contribution is -2.41. The van der Waals surface area contributed by atoms with E-state index in [4.69, 9.17) is 8.92 Å². The molecule has 0 aromatic heterocycles. The fourth-order valence-corrected chi connectivity index (χ4v) is 2.75. The lowest BCUT2D eigenvalue weighted by molar-refractivity contribution is 0.0484. The zero-order valence-electron chi connectivity index (χ0n) is 11.2. The molecule has 0 atom stereocenters. The molecule has 0 heterocycles. The molecule has 0 aromatic carbocycles. The van der Waals surface area contributed by atoms with Gasteiger partial charge in [-0.05, 0) is 52.4 Å². The van der Waals surface area contributed by atoms with E-state index in [2.05, 4.69) is 26.5 Å². The molecule has 0 aliphatic heterocycles. The second-order valence-corrected chi connectivity index (χ2v) is 7.15. The van der Waals surface area contributed by atoms with E-state index in [-0.39, 0.29) is 12.1 Å². The Morgan fingerprint density at radius 1 is 1.33 bits per heavy atom. The molecule has 0 spiro atoms. The molecule has 1 saturated carbocycles. The highest BCUT2D eigenvalue weighted by Gasteiger charge is 2.24. The fraction of sp³-hybridized carbons (Fsp3) is 0.917. The smallest absolute Gasteiger partial charge is 0.407 e. The average molecular weight is 387 g/mol. The first-order valence-corrected chi connectivity index (χ1v) is 9.59. The molecule has 6 heteroatoms. The zero-order valence-corrected chi connectivity index (χ0v) is 14.2. The summed E-state index contributed by atoms with van der Waals surface area (Å²) >= 11 is 2.14. The molecular weight excluding hydrogens is 365 g/mol. The Balaban J connectivity index is 2.21. The monoisotopic (exact) mass is 387 g/mol. The quantitative estimate of drug-likeness (QED) is 0.583. The van der Waals surface area contributed by atoms with E-state index in [1.807, 2.05) is 20.8 Å². The minimum absolute atomic E-state index is 0.253. The molecule has 0 bridgehead atoms. The molecule has 1 fully saturated rings. The largest absolute Gasteiger partial charge is 0.444 e. The van der Waals surface area contributed by atoms with Gasteiger partial charge in [0.2, 0.25) is 0 Å². The van der Waals surface area contributed by atoms with Crippen molar-refractivity contribution in [3.63, 3.8) is 0 Å². The Morgan fingerprint density at radius 2 is 1.94 bits per heavy atom. The lowest BCUT2D eigenvalue weighted by Gasteiger charge is -2.29. The molecule has 1 aliphatic rings. The van der Waals surface area contributed by atoms with Crippen LogP contribution in [0.3, 0.4) is 0 Å². The summed E-state index contributed by atoms with van der Waals surface area (Å²) in [6.07, 6.45) is 3.94. The molecule has 0 radical (unpaired) electrons. The number of alkyl carbamates (subject to hydrolysis) is 1. The van der Waals surface area contributed by atoms with Crippen molar-refractivity contribution in [3.05, 3.63) is 0 Å². The van der Waals surface area contributed by atoms with Gasteiger partial charge in [0.25, 0.3) is 0 Å². The van der Waals surface area contributed by atoms with Crippen molar-refractivity contribution < 1.29 is 13.7 Å². The summed E-state index contributed by atoms with van der Waals surface area (Å²) in [5.41, 5.74) is -0.424. The molecule has 4 nitrogen and oxygen atoms in total. The summed E-state index contributed by atoms with van der Waals surface area (Å²) in [4.78, 5) is 11.6. The third kappa shape index (κ3) is 7.04. The number of hydrogen-bond acceptors (Lipinski definition) is 4. The van der Waals surface area contributed by atoms with Crippen molar-refractivity contribution in [2.45, 2.75) is 58.1 Å². The van der Waals surface area contributed by atoms with Gasteiger partial charge in [-0.15, -0.1) is 0 Å². The van der Waals surface area contributed by atoms with Gasteiger partial charge >= 0.3 is 6.09 Å². The highest BCUT2D eigenvalue weighted by Crippen LogP contribution is 2.26. The predicted molar refractivity (Wildman–Crippen MR) is 82.7 cm³/mol. The normalized spacial score (nSPS) is 24.7. The van der Waals surface area contributed by atoms with E-state index in [0.29, 0.717) is 5.92 Å². The first kappa shape index (κ1) is 16.4. The van der Waals surface area contributed by atoms with Crippen LogP contribution in [-0.2, 0) is 8.92 Å². The van der Waals surface area contributed by atoms with E-state index >= 15 is 0 Å². The van der Waals surface area contributed by atoms with Crippen molar-refractivity contribution >= 4 is 36.5 Å². The maximum Gasteiger partial charge on any atom is 0.407 e. The summed E-state index contributed by atoms with van der Waals surface area (Å²) < 4.78 is 10.6. The first-order chi connectivity index (χ1) is 8.40. The Morgan fingerprint density at radius 3 is 2.44 bits per heavy atom. The van der Waals surface area contributed by atoms with Gasteiger partial charge in [-0.2, -0.15) is 0 Å². The molecule has 1 amide bonds. The molecule has 1 aliphatic carbocycles. The molecule has 0 aromatic rings. The summed E-state index contributed by atoms with van der Waals surface area (Å²) in [5, 5.41) is 2.94. The number of halogens is 1. The van der Waals surface area contributed by atoms with Crippen LogP contribution in [-0.4, -0.2) is 24.3 Å². The van der Waals surface area contributed by atoms with Crippen LogP contribution in [0.4, 0.5) is 4.79 Å². The van der Waals surface area contributed by atoms with Gasteiger partial charge in [0, 0.05) is 27.2 Å². The lowest BCUT2D eigenvalue weighted by atomic mass is 9.87. The third-order valence-electron chi connectivity index (χ3n) is 2.92. The van der Waals surface area contributed by atoms with Gasteiger partial charge in [0.15, 0.2) is 0 Å². The number of amides is 1. The van der Waals surface area contributed by atoms with Crippen molar-refractivity contribution in [1.29, 1.82) is 0 Å². The number of carbonyl (C=O) groups excluding carboxylic acids is 1. The van der Waals surface area contributed by atoms with Crippen LogP contribution in [0.1, 0.15) is 46.5 Å². The Kier molecular flexibility index (Phi) is 7.08. The summed E-state index contributed by atoms with van der Waals surface area (Å²) in [5.74, 6) is 0.629. The van der Waals surface area contributed by atoms with E-state index in [0.717, 1.165) is 32.3 Å². The van der Waals surface area contributed by atoms with Gasteiger partial charge in [0.1, 0.15) is 5.60 Å². The molecule has 1 rings (SSSR count). The average Bonchev–Trinajstić information content (AvgIpc) is 2.25. The minimum Gasteiger partial charge on any atom is -0.444 e. The number of rotatable bonds is 4. The summed E-state index contributed by atoms with van der Waals surface area (Å²) in [7, 11) is 1.39. The van der Waals surface area contributed by atoms with Gasteiger partial charge in [-0.3, -0.25) is 0 Å². The van der Waals surface area contributed by atoms with Crippen molar-refractivity contribution in [2.24, 2.45) is 5.92 Å². The number of hydrogen-bond donors (Lipinski definition) is 1. The minimum atomic E-state index is -0.424. The SMILES string of the molecule is CC(C)(C)OC(=O)NC1CCC(COSI)CC1. The standard InChI is InChI=1S/C12H22INO3S/c1-12(2,3)17-11(15)14-10-6-4-9(5-7-10)8-16-18-13/h9-10H,4-8H2,1-3H3,(H,14,15). The van der Waals surface area contributed by atoms with Crippen LogP contribution in [0.25, 0.3) is 0 Å². The van der Waals surface area contributed by atoms with Crippen molar-refractivity contribution in [1.82, 2.24) is 5.32 Å². The van der Waals surface area contributed by atoms with Crippen LogP contribution >= 0.6 is 30.4 Å². The van der Waals surface area contributed by atoms with Gasteiger partial charge in [-0.25, -0.2) is 4.79 Å². The van der Waals surface area contributed by atoms with E-state index in [1.54, 1.807) is 0 Å². The van der Waals surface area contributed by atoms with Crippen molar-refractivity contribution in [2.75, 3.05) is 6.61 Å². The van der Waals surface area contributed by atoms with E-state index in [9.17, 15) is 4.79 Å². The van der Waals surface area contributed by atoms with Crippen molar-refractivity contribution in [3.8, 4) is 0 Å². The Bertz CT molecular complexity index is 263. The third-order valence-corrected chi connectivity index (χ3v) is 3.90. The zero-order chi connectivity index (χ0) is 13.6. The predicted octanol–water partition coefficient (Wildman–Crippen LogP) is 4.08. The summed E-state index contributed by atoms with van der Waals surface area (Å²) in [6.45, 7) is 6.44. The Hall–Kier alpha value is 0.310. The van der Waals surface area contributed by atoms with Crippen LogP contribution in [0.5, 0.6) is 0 Å². The number of carbonyl (C=O) groups is 1. The fourth-order valence-electron chi connectivity index (χ4n) is 2.07. The number of nitrogens with one attached hydrogen (secondary N) is 1. The van der Waals surface area contributed by atoms with Gasteiger partial charge < -0.3 is 14.2 Å². The van der Waals surface area contributed by atoms with Gasteiger partial charge in [0.05, 0.1) is 15.8 Å². The highest BCUT2D eigenvalue weighted by atomic mass is 127. The molecular formula is C12H22INO3S. The van der Waals surface area contributed by atoms with Crippen LogP contribution in [0.15, 0.2) is 0 Å².